The second-order valence-corrected chi connectivity index (χ2v) is 7.46. The zero-order chi connectivity index (χ0) is 18.9. The molecule has 2 N–H and O–H groups in total. The van der Waals surface area contributed by atoms with Crippen LogP contribution in [0.2, 0.25) is 0 Å². The van der Waals surface area contributed by atoms with Crippen LogP contribution >= 0.6 is 0 Å². The van der Waals surface area contributed by atoms with Crippen LogP contribution in [0.1, 0.15) is 30.9 Å². The molecule has 6 nitrogen and oxygen atoms in total. The average Bonchev–Trinajstić information content (AvgIpc) is 2.64. The van der Waals surface area contributed by atoms with Crippen LogP contribution in [0.5, 0.6) is 0 Å². The van der Waals surface area contributed by atoms with Crippen molar-refractivity contribution in [3.05, 3.63) is 35.9 Å². The van der Waals surface area contributed by atoms with Gasteiger partial charge in [0.1, 0.15) is 0 Å². The fraction of sp³-hybridized carbons (Fsp3) is 0.650. The first-order valence-corrected chi connectivity index (χ1v) is 9.58. The Labute approximate surface area is 157 Å². The van der Waals surface area contributed by atoms with Crippen molar-refractivity contribution < 1.29 is 9.90 Å². The summed E-state index contributed by atoms with van der Waals surface area (Å²) in [5, 5.41) is 12.6. The standard InChI is InChI=1S/C20H34N4O2/c1-22(2)16-19(17-8-5-4-6-9-17)23(3)20(26)21-12-7-13-24-14-10-18(25)11-15-24/h4-6,8-9,18-19,25H,7,10-16H2,1-3H3,(H,21,26)/t19-/m1/s1. The average molecular weight is 363 g/mol. The molecule has 1 aliphatic heterocycles. The summed E-state index contributed by atoms with van der Waals surface area (Å²) in [4.78, 5) is 18.8. The maximum absolute atomic E-state index is 12.6. The van der Waals surface area contributed by atoms with Gasteiger partial charge < -0.3 is 25.1 Å². The number of carbonyl (C=O) groups excluding carboxylic acids is 1. The number of aliphatic hydroxyl groups is 1. The highest BCUT2D eigenvalue weighted by Gasteiger charge is 2.22. The Hall–Kier alpha value is -1.63. The van der Waals surface area contributed by atoms with Crippen LogP contribution in [0.25, 0.3) is 0 Å². The molecule has 1 aromatic carbocycles. The number of nitrogens with one attached hydrogen (secondary N) is 1. The lowest BCUT2D eigenvalue weighted by molar-refractivity contribution is 0.0821. The number of rotatable bonds is 8. The van der Waals surface area contributed by atoms with E-state index in [4.69, 9.17) is 0 Å². The lowest BCUT2D eigenvalue weighted by Gasteiger charge is -2.31. The number of hydrogen-bond acceptors (Lipinski definition) is 4. The molecule has 1 aliphatic rings. The van der Waals surface area contributed by atoms with E-state index in [0.29, 0.717) is 6.54 Å². The van der Waals surface area contributed by atoms with Gasteiger partial charge in [-0.15, -0.1) is 0 Å². The molecule has 1 aromatic rings. The largest absolute Gasteiger partial charge is 0.393 e. The molecule has 0 spiro atoms. The summed E-state index contributed by atoms with van der Waals surface area (Å²) < 4.78 is 0. The molecule has 0 unspecified atom stereocenters. The number of likely N-dealkylation sites (N-methyl/N-ethyl adjacent to an activating group) is 2. The highest BCUT2D eigenvalue weighted by Crippen LogP contribution is 2.20. The first kappa shape index (κ1) is 20.7. The summed E-state index contributed by atoms with van der Waals surface area (Å²) in [6.07, 6.45) is 2.52. The van der Waals surface area contributed by atoms with Crippen LogP contribution in [0.3, 0.4) is 0 Å². The van der Waals surface area contributed by atoms with Crippen molar-refractivity contribution in [1.29, 1.82) is 0 Å². The molecular formula is C20H34N4O2. The number of amides is 2. The second-order valence-electron chi connectivity index (χ2n) is 7.46. The monoisotopic (exact) mass is 362 g/mol. The van der Waals surface area contributed by atoms with E-state index in [0.717, 1.165) is 51.0 Å². The van der Waals surface area contributed by atoms with Gasteiger partial charge in [0, 0.05) is 33.2 Å². The van der Waals surface area contributed by atoms with Gasteiger partial charge in [0.2, 0.25) is 0 Å². The predicted molar refractivity (Wildman–Crippen MR) is 105 cm³/mol. The van der Waals surface area contributed by atoms with E-state index in [2.05, 4.69) is 27.2 Å². The van der Waals surface area contributed by atoms with E-state index in [1.54, 1.807) is 4.90 Å². The number of likely N-dealkylation sites (tertiary alicyclic amines) is 1. The SMILES string of the molecule is CN(C)C[C@H](c1ccccc1)N(C)C(=O)NCCCN1CCC(O)CC1. The Morgan fingerprint density at radius 1 is 1.23 bits per heavy atom. The Balaban J connectivity index is 1.78. The van der Waals surface area contributed by atoms with Crippen molar-refractivity contribution >= 4 is 6.03 Å². The molecule has 0 aliphatic carbocycles. The molecule has 1 fully saturated rings. The normalized spacial score (nSPS) is 17.3. The molecule has 146 valence electrons. The molecule has 6 heteroatoms. The van der Waals surface area contributed by atoms with Gasteiger partial charge in [-0.25, -0.2) is 4.79 Å². The molecule has 0 saturated carbocycles. The zero-order valence-corrected chi connectivity index (χ0v) is 16.4. The Morgan fingerprint density at radius 3 is 2.50 bits per heavy atom. The van der Waals surface area contributed by atoms with E-state index >= 15 is 0 Å². The van der Waals surface area contributed by atoms with Crippen molar-refractivity contribution in [2.75, 3.05) is 53.9 Å². The minimum absolute atomic E-state index is 0.0229. The highest BCUT2D eigenvalue weighted by atomic mass is 16.3. The van der Waals surface area contributed by atoms with Gasteiger partial charge in [0.05, 0.1) is 12.1 Å². The van der Waals surface area contributed by atoms with Crippen molar-refractivity contribution in [1.82, 2.24) is 20.0 Å². The van der Waals surface area contributed by atoms with E-state index in [1.807, 2.05) is 39.3 Å². The van der Waals surface area contributed by atoms with Gasteiger partial charge >= 0.3 is 6.03 Å². The number of nitrogens with zero attached hydrogens (tertiary/aromatic N) is 3. The zero-order valence-electron chi connectivity index (χ0n) is 16.4. The van der Waals surface area contributed by atoms with Crippen LogP contribution in [0, 0.1) is 0 Å². The fourth-order valence-electron chi connectivity index (χ4n) is 3.38. The minimum Gasteiger partial charge on any atom is -0.393 e. The topological polar surface area (TPSA) is 59.0 Å². The van der Waals surface area contributed by atoms with Crippen molar-refractivity contribution in [2.24, 2.45) is 0 Å². The van der Waals surface area contributed by atoms with Crippen LogP contribution in [-0.2, 0) is 0 Å². The lowest BCUT2D eigenvalue weighted by atomic mass is 10.1. The number of benzene rings is 1. The van der Waals surface area contributed by atoms with Crippen molar-refractivity contribution in [3.63, 3.8) is 0 Å². The molecule has 26 heavy (non-hydrogen) atoms. The van der Waals surface area contributed by atoms with Crippen LogP contribution in [-0.4, -0.2) is 85.8 Å². The third-order valence-corrected chi connectivity index (χ3v) is 4.99. The number of piperidine rings is 1. The smallest absolute Gasteiger partial charge is 0.317 e. The van der Waals surface area contributed by atoms with Gasteiger partial charge in [-0.05, 0) is 45.5 Å². The van der Waals surface area contributed by atoms with Gasteiger partial charge in [-0.1, -0.05) is 30.3 Å². The molecule has 0 aromatic heterocycles. The summed E-state index contributed by atoms with van der Waals surface area (Å²) in [5.41, 5.74) is 1.14. The van der Waals surface area contributed by atoms with Gasteiger partial charge in [-0.2, -0.15) is 0 Å². The summed E-state index contributed by atoms with van der Waals surface area (Å²) in [5.74, 6) is 0. The Bertz CT molecular complexity index is 530. The molecule has 2 rings (SSSR count). The first-order chi connectivity index (χ1) is 12.5. The molecule has 2 amide bonds. The Kier molecular flexibility index (Phi) is 8.35. The summed E-state index contributed by atoms with van der Waals surface area (Å²) in [7, 11) is 5.91. The number of urea groups is 1. The maximum Gasteiger partial charge on any atom is 0.317 e. The summed E-state index contributed by atoms with van der Waals surface area (Å²) >= 11 is 0. The predicted octanol–water partition coefficient (Wildman–Crippen LogP) is 1.78. The van der Waals surface area contributed by atoms with Crippen LogP contribution in [0.15, 0.2) is 30.3 Å². The third kappa shape index (κ3) is 6.59. The van der Waals surface area contributed by atoms with Crippen molar-refractivity contribution in [3.8, 4) is 0 Å². The number of hydrogen-bond donors (Lipinski definition) is 2. The van der Waals surface area contributed by atoms with Crippen LogP contribution in [0.4, 0.5) is 4.79 Å². The molecule has 1 atom stereocenters. The minimum atomic E-state index is -0.133. The van der Waals surface area contributed by atoms with E-state index < -0.39 is 0 Å². The summed E-state index contributed by atoms with van der Waals surface area (Å²) in [6, 6.07) is 10.2. The molecule has 1 saturated heterocycles. The van der Waals surface area contributed by atoms with Gasteiger partial charge in [0.25, 0.3) is 0 Å². The molecular weight excluding hydrogens is 328 g/mol. The fourth-order valence-corrected chi connectivity index (χ4v) is 3.38. The van der Waals surface area contributed by atoms with E-state index in [9.17, 15) is 9.90 Å². The molecule has 1 heterocycles. The van der Waals surface area contributed by atoms with Gasteiger partial charge in [-0.3, -0.25) is 0 Å². The van der Waals surface area contributed by atoms with E-state index in [-0.39, 0.29) is 18.2 Å². The second kappa shape index (κ2) is 10.5. The van der Waals surface area contributed by atoms with Gasteiger partial charge in [0.15, 0.2) is 0 Å². The van der Waals surface area contributed by atoms with Crippen molar-refractivity contribution in [2.45, 2.75) is 31.4 Å². The highest BCUT2D eigenvalue weighted by molar-refractivity contribution is 5.74. The number of carbonyl (C=O) groups is 1. The third-order valence-electron chi connectivity index (χ3n) is 4.99. The quantitative estimate of drug-likeness (QED) is 0.692. The summed E-state index contributed by atoms with van der Waals surface area (Å²) in [6.45, 7) is 4.33. The first-order valence-electron chi connectivity index (χ1n) is 9.58. The Morgan fingerprint density at radius 2 is 1.88 bits per heavy atom. The molecule has 0 radical (unpaired) electrons. The number of aliphatic hydroxyl groups excluding tert-OH is 1. The molecule has 0 bridgehead atoms. The maximum atomic E-state index is 12.6. The van der Waals surface area contributed by atoms with E-state index in [1.165, 1.54) is 0 Å². The lowest BCUT2D eigenvalue weighted by Crippen LogP contribution is -2.43. The van der Waals surface area contributed by atoms with Crippen LogP contribution < -0.4 is 5.32 Å².